The molecule has 0 aliphatic rings. The van der Waals surface area contributed by atoms with Crippen molar-refractivity contribution in [1.29, 1.82) is 0 Å². The second-order valence-electron chi connectivity index (χ2n) is 5.70. The van der Waals surface area contributed by atoms with Crippen LogP contribution in [0.4, 0.5) is 8.78 Å². The van der Waals surface area contributed by atoms with Gasteiger partial charge >= 0.3 is 0 Å². The van der Waals surface area contributed by atoms with Crippen LogP contribution in [0.15, 0.2) is 41.1 Å². The summed E-state index contributed by atoms with van der Waals surface area (Å²) in [7, 11) is 0. The largest absolute Gasteiger partial charge is 0.335 e. The van der Waals surface area contributed by atoms with E-state index in [1.807, 2.05) is 19.9 Å². The fourth-order valence-corrected chi connectivity index (χ4v) is 2.65. The van der Waals surface area contributed by atoms with Gasteiger partial charge < -0.3 is 4.52 Å². The molecule has 0 fully saturated rings. The molecule has 25 heavy (non-hydrogen) atoms. The molecule has 0 bridgehead atoms. The zero-order valence-electron chi connectivity index (χ0n) is 13.4. The number of hydrogen-bond acceptors (Lipinski definition) is 5. The number of rotatable bonds is 3. The molecule has 0 aliphatic carbocycles. The molecule has 4 rings (SSSR count). The minimum atomic E-state index is -1.64. The topological polar surface area (TPSA) is 69.1 Å². The van der Waals surface area contributed by atoms with E-state index in [0.717, 1.165) is 11.4 Å². The Balaban J connectivity index is 1.73. The summed E-state index contributed by atoms with van der Waals surface area (Å²) in [5, 5.41) is 8.09. The van der Waals surface area contributed by atoms with Crippen LogP contribution in [0.3, 0.4) is 0 Å². The van der Waals surface area contributed by atoms with Gasteiger partial charge in [0.1, 0.15) is 5.82 Å². The zero-order valence-corrected chi connectivity index (χ0v) is 13.4. The average molecular weight is 341 g/mol. The van der Waals surface area contributed by atoms with Crippen molar-refractivity contribution in [3.63, 3.8) is 0 Å². The van der Waals surface area contributed by atoms with E-state index in [0.29, 0.717) is 11.2 Å². The standard InChI is InChI=1S/C17H13F2N5O/c1-9-7-10(2)24-16(21-9)13(8-20-24)15-22-17(25-23-15)14(19)11-3-5-12(18)6-4-11/h3-8,14H,1-2H3. The zero-order chi connectivity index (χ0) is 17.6. The van der Waals surface area contributed by atoms with Crippen molar-refractivity contribution in [1.82, 2.24) is 24.7 Å². The first-order chi connectivity index (χ1) is 12.0. The van der Waals surface area contributed by atoms with Crippen LogP contribution in [0.1, 0.15) is 29.0 Å². The van der Waals surface area contributed by atoms with Gasteiger partial charge in [-0.2, -0.15) is 10.1 Å². The Labute approximate surface area is 141 Å². The molecule has 0 spiro atoms. The van der Waals surface area contributed by atoms with Gasteiger partial charge in [0.2, 0.25) is 12.0 Å². The molecule has 0 N–H and O–H groups in total. The molecule has 0 aliphatic heterocycles. The van der Waals surface area contributed by atoms with Crippen LogP contribution in [0.25, 0.3) is 17.0 Å². The molecule has 4 aromatic rings. The van der Waals surface area contributed by atoms with Crippen LogP contribution in [-0.2, 0) is 0 Å². The van der Waals surface area contributed by atoms with Gasteiger partial charge in [0.15, 0.2) is 5.65 Å². The molecule has 6 nitrogen and oxygen atoms in total. The van der Waals surface area contributed by atoms with E-state index >= 15 is 0 Å². The summed E-state index contributed by atoms with van der Waals surface area (Å²) in [5.74, 6) is -0.442. The summed E-state index contributed by atoms with van der Waals surface area (Å²) in [6.07, 6.45) is -0.0748. The maximum atomic E-state index is 14.5. The number of fused-ring (bicyclic) bond motifs is 1. The second kappa shape index (κ2) is 5.73. The maximum Gasteiger partial charge on any atom is 0.266 e. The number of nitrogens with zero attached hydrogens (tertiary/aromatic N) is 5. The van der Waals surface area contributed by atoms with Crippen molar-refractivity contribution in [2.24, 2.45) is 0 Å². The highest BCUT2D eigenvalue weighted by Crippen LogP contribution is 2.28. The molecule has 0 saturated carbocycles. The van der Waals surface area contributed by atoms with Crippen molar-refractivity contribution in [3.05, 3.63) is 65.2 Å². The number of hydrogen-bond donors (Lipinski definition) is 0. The van der Waals surface area contributed by atoms with Crippen molar-refractivity contribution < 1.29 is 13.3 Å². The number of halogens is 2. The SMILES string of the molecule is Cc1cc(C)n2ncc(-c3noc(C(F)c4ccc(F)cc4)n3)c2n1. The average Bonchev–Trinajstić information content (AvgIpc) is 3.21. The van der Waals surface area contributed by atoms with Crippen LogP contribution < -0.4 is 0 Å². The summed E-state index contributed by atoms with van der Waals surface area (Å²) >= 11 is 0. The fraction of sp³-hybridized carbons (Fsp3) is 0.176. The minimum Gasteiger partial charge on any atom is -0.335 e. The Bertz CT molecular complexity index is 1050. The van der Waals surface area contributed by atoms with Crippen molar-refractivity contribution >= 4 is 5.65 Å². The minimum absolute atomic E-state index is 0.201. The molecule has 1 aromatic carbocycles. The van der Waals surface area contributed by atoms with E-state index in [9.17, 15) is 8.78 Å². The van der Waals surface area contributed by atoms with Crippen LogP contribution in [0.5, 0.6) is 0 Å². The Kier molecular flexibility index (Phi) is 3.52. The first-order valence-corrected chi connectivity index (χ1v) is 7.58. The first kappa shape index (κ1) is 15.4. The lowest BCUT2D eigenvalue weighted by molar-refractivity contribution is 0.282. The Hall–Kier alpha value is -3.16. The number of alkyl halides is 1. The molecule has 8 heteroatoms. The molecular weight excluding hydrogens is 328 g/mol. The predicted octanol–water partition coefficient (Wildman–Crippen LogP) is 3.59. The van der Waals surface area contributed by atoms with E-state index in [1.165, 1.54) is 24.3 Å². The van der Waals surface area contributed by atoms with Gasteiger partial charge in [-0.15, -0.1) is 0 Å². The molecule has 1 atom stereocenters. The number of aryl methyl sites for hydroxylation is 2. The molecule has 0 saturated heterocycles. The quantitative estimate of drug-likeness (QED) is 0.569. The molecule has 3 aromatic heterocycles. The lowest BCUT2D eigenvalue weighted by atomic mass is 10.1. The van der Waals surface area contributed by atoms with Crippen molar-refractivity contribution in [3.8, 4) is 11.4 Å². The summed E-state index contributed by atoms with van der Waals surface area (Å²) in [6.45, 7) is 3.78. The smallest absolute Gasteiger partial charge is 0.266 e. The highest BCUT2D eigenvalue weighted by Gasteiger charge is 2.23. The maximum absolute atomic E-state index is 14.5. The summed E-state index contributed by atoms with van der Waals surface area (Å²) in [5.41, 5.74) is 3.09. The number of aromatic nitrogens is 5. The van der Waals surface area contributed by atoms with Gasteiger partial charge in [-0.05, 0) is 37.6 Å². The molecule has 3 heterocycles. The third-order valence-electron chi connectivity index (χ3n) is 3.84. The van der Waals surface area contributed by atoms with E-state index < -0.39 is 12.0 Å². The Morgan fingerprint density at radius 1 is 1.12 bits per heavy atom. The van der Waals surface area contributed by atoms with Gasteiger partial charge in [-0.3, -0.25) is 0 Å². The third-order valence-corrected chi connectivity index (χ3v) is 3.84. The second-order valence-corrected chi connectivity index (χ2v) is 5.70. The predicted molar refractivity (Wildman–Crippen MR) is 85.1 cm³/mol. The van der Waals surface area contributed by atoms with E-state index in [1.54, 1.807) is 10.7 Å². The first-order valence-electron chi connectivity index (χ1n) is 7.58. The van der Waals surface area contributed by atoms with Crippen LogP contribution >= 0.6 is 0 Å². The molecular formula is C17H13F2N5O. The summed E-state index contributed by atoms with van der Waals surface area (Å²) < 4.78 is 34.2. The van der Waals surface area contributed by atoms with Gasteiger partial charge in [0.25, 0.3) is 5.89 Å². The highest BCUT2D eigenvalue weighted by atomic mass is 19.1. The van der Waals surface area contributed by atoms with Crippen molar-refractivity contribution in [2.75, 3.05) is 0 Å². The van der Waals surface area contributed by atoms with E-state index in [4.69, 9.17) is 4.52 Å². The molecule has 0 amide bonds. The summed E-state index contributed by atoms with van der Waals surface area (Å²) in [6, 6.07) is 6.94. The Morgan fingerprint density at radius 2 is 1.88 bits per heavy atom. The third kappa shape index (κ3) is 2.65. The molecule has 1 unspecified atom stereocenters. The summed E-state index contributed by atoms with van der Waals surface area (Å²) in [4.78, 5) is 8.56. The molecule has 126 valence electrons. The Morgan fingerprint density at radius 3 is 2.64 bits per heavy atom. The van der Waals surface area contributed by atoms with E-state index in [2.05, 4.69) is 20.2 Å². The molecule has 0 radical (unpaired) electrons. The number of benzene rings is 1. The lowest BCUT2D eigenvalue weighted by Gasteiger charge is -2.02. The lowest BCUT2D eigenvalue weighted by Crippen LogP contribution is -1.98. The van der Waals surface area contributed by atoms with Gasteiger partial charge in [-0.25, -0.2) is 18.3 Å². The van der Waals surface area contributed by atoms with Crippen LogP contribution in [0.2, 0.25) is 0 Å². The van der Waals surface area contributed by atoms with Gasteiger partial charge in [-0.1, -0.05) is 17.3 Å². The van der Waals surface area contributed by atoms with E-state index in [-0.39, 0.29) is 17.3 Å². The van der Waals surface area contributed by atoms with Gasteiger partial charge in [0, 0.05) is 11.4 Å². The van der Waals surface area contributed by atoms with Crippen LogP contribution in [0, 0.1) is 19.7 Å². The monoisotopic (exact) mass is 341 g/mol. The van der Waals surface area contributed by atoms with Gasteiger partial charge in [0.05, 0.1) is 11.8 Å². The van der Waals surface area contributed by atoms with Crippen LogP contribution in [-0.4, -0.2) is 24.7 Å². The normalized spacial score (nSPS) is 12.6. The van der Waals surface area contributed by atoms with Crippen molar-refractivity contribution in [2.45, 2.75) is 20.0 Å². The fourth-order valence-electron chi connectivity index (χ4n) is 2.65. The highest BCUT2D eigenvalue weighted by molar-refractivity contribution is 5.72.